The van der Waals surface area contributed by atoms with Gasteiger partial charge in [-0.1, -0.05) is 18.2 Å². The van der Waals surface area contributed by atoms with E-state index in [0.29, 0.717) is 43.0 Å². The lowest BCUT2D eigenvalue weighted by Crippen LogP contribution is -2.38. The van der Waals surface area contributed by atoms with Gasteiger partial charge in [0.2, 0.25) is 5.89 Å². The van der Waals surface area contributed by atoms with Crippen molar-refractivity contribution in [1.29, 1.82) is 0 Å². The molecular formula is C21H18F3N3O3. The third kappa shape index (κ3) is 4.45. The summed E-state index contributed by atoms with van der Waals surface area (Å²) in [6.07, 6.45) is -3.74. The molecule has 30 heavy (non-hydrogen) atoms. The number of aromatic nitrogens is 2. The molecule has 4 rings (SSSR count). The summed E-state index contributed by atoms with van der Waals surface area (Å²) in [5, 5.41) is 6.59. The summed E-state index contributed by atoms with van der Waals surface area (Å²) >= 11 is 0. The molecule has 1 amide bonds. The molecule has 2 aromatic carbocycles. The number of para-hydroxylation sites is 1. The van der Waals surface area contributed by atoms with Gasteiger partial charge in [0, 0.05) is 24.6 Å². The molecule has 0 atom stereocenters. The van der Waals surface area contributed by atoms with Crippen molar-refractivity contribution in [2.45, 2.75) is 24.9 Å². The number of likely N-dealkylation sites (tertiary alicyclic amines) is 1. The number of rotatable bonds is 4. The normalized spacial score (nSPS) is 15.2. The lowest BCUT2D eigenvalue weighted by atomic mass is 9.96. The maximum atomic E-state index is 12.7. The lowest BCUT2D eigenvalue weighted by molar-refractivity contribution is -0.157. The van der Waals surface area contributed by atoms with E-state index in [1.54, 1.807) is 29.2 Å². The van der Waals surface area contributed by atoms with Crippen LogP contribution in [0.2, 0.25) is 0 Å². The van der Waals surface area contributed by atoms with Gasteiger partial charge in [-0.3, -0.25) is 4.79 Å². The van der Waals surface area contributed by atoms with Crippen LogP contribution in [-0.2, 0) is 6.18 Å². The van der Waals surface area contributed by atoms with E-state index in [9.17, 15) is 18.0 Å². The van der Waals surface area contributed by atoms with E-state index in [1.165, 1.54) is 0 Å². The van der Waals surface area contributed by atoms with Gasteiger partial charge in [0.15, 0.2) is 0 Å². The highest BCUT2D eigenvalue weighted by atomic mass is 19.4. The molecule has 0 saturated carbocycles. The molecule has 9 heteroatoms. The fourth-order valence-corrected chi connectivity index (χ4v) is 3.32. The molecule has 0 spiro atoms. The van der Waals surface area contributed by atoms with E-state index in [-0.39, 0.29) is 17.7 Å². The van der Waals surface area contributed by atoms with Gasteiger partial charge >= 0.3 is 12.1 Å². The highest BCUT2D eigenvalue weighted by Crippen LogP contribution is 2.33. The molecule has 0 radical (unpaired) electrons. The van der Waals surface area contributed by atoms with Crippen molar-refractivity contribution in [3.63, 3.8) is 0 Å². The quantitative estimate of drug-likeness (QED) is 0.604. The third-order valence-electron chi connectivity index (χ3n) is 4.89. The zero-order valence-corrected chi connectivity index (χ0v) is 15.8. The molecular weight excluding hydrogens is 399 g/mol. The van der Waals surface area contributed by atoms with Crippen LogP contribution in [0.25, 0.3) is 0 Å². The Morgan fingerprint density at radius 1 is 0.967 bits per heavy atom. The predicted molar refractivity (Wildman–Crippen MR) is 100 cm³/mol. The van der Waals surface area contributed by atoms with Gasteiger partial charge in [-0.15, -0.1) is 10.2 Å². The van der Waals surface area contributed by atoms with Crippen molar-refractivity contribution in [3.8, 4) is 11.5 Å². The Morgan fingerprint density at radius 3 is 2.20 bits per heavy atom. The van der Waals surface area contributed by atoms with Crippen LogP contribution in [0.15, 0.2) is 59.0 Å². The number of hydrogen-bond donors (Lipinski definition) is 0. The SMILES string of the molecule is O=C(c1ccc(Oc2ccccc2)cc1)N1CCC(c2nnc(C(F)(F)F)o2)CC1. The number of halogens is 3. The van der Waals surface area contributed by atoms with Crippen LogP contribution >= 0.6 is 0 Å². The number of nitrogens with zero attached hydrogens (tertiary/aromatic N) is 3. The molecule has 0 unspecified atom stereocenters. The van der Waals surface area contributed by atoms with Crippen molar-refractivity contribution in [1.82, 2.24) is 15.1 Å². The Bertz CT molecular complexity index is 996. The Hall–Kier alpha value is -3.36. The highest BCUT2D eigenvalue weighted by molar-refractivity contribution is 5.94. The fraction of sp³-hybridized carbons (Fsp3) is 0.286. The molecule has 0 N–H and O–H groups in total. The molecule has 1 aromatic heterocycles. The van der Waals surface area contributed by atoms with Gasteiger partial charge < -0.3 is 14.1 Å². The van der Waals surface area contributed by atoms with Gasteiger partial charge in [0.05, 0.1) is 0 Å². The van der Waals surface area contributed by atoms with Gasteiger partial charge in [-0.25, -0.2) is 0 Å². The Kier molecular flexibility index (Phi) is 5.43. The maximum absolute atomic E-state index is 12.7. The minimum absolute atomic E-state index is 0.0307. The first-order chi connectivity index (χ1) is 14.4. The predicted octanol–water partition coefficient (Wildman–Crippen LogP) is 4.90. The lowest BCUT2D eigenvalue weighted by Gasteiger charge is -2.30. The zero-order chi connectivity index (χ0) is 21.1. The summed E-state index contributed by atoms with van der Waals surface area (Å²) in [6, 6.07) is 16.2. The summed E-state index contributed by atoms with van der Waals surface area (Å²) in [4.78, 5) is 14.4. The van der Waals surface area contributed by atoms with Crippen molar-refractivity contribution in [2.24, 2.45) is 0 Å². The number of piperidine rings is 1. The van der Waals surface area contributed by atoms with Crippen LogP contribution in [0.4, 0.5) is 13.2 Å². The molecule has 156 valence electrons. The number of ether oxygens (including phenoxy) is 1. The number of carbonyl (C=O) groups excluding carboxylic acids is 1. The first-order valence-electron chi connectivity index (χ1n) is 9.43. The highest BCUT2D eigenvalue weighted by Gasteiger charge is 2.39. The molecule has 3 aromatic rings. The molecule has 1 saturated heterocycles. The largest absolute Gasteiger partial charge is 0.470 e. The molecule has 0 aliphatic carbocycles. The van der Waals surface area contributed by atoms with Crippen molar-refractivity contribution >= 4 is 5.91 Å². The van der Waals surface area contributed by atoms with Gasteiger partial charge in [0.25, 0.3) is 5.91 Å². The average Bonchev–Trinajstić information content (AvgIpc) is 3.26. The minimum Gasteiger partial charge on any atom is -0.457 e. The zero-order valence-electron chi connectivity index (χ0n) is 15.8. The summed E-state index contributed by atoms with van der Waals surface area (Å²) in [5.74, 6) is -0.479. The second kappa shape index (κ2) is 8.17. The average molecular weight is 417 g/mol. The van der Waals surface area contributed by atoms with E-state index in [4.69, 9.17) is 9.15 Å². The van der Waals surface area contributed by atoms with Crippen LogP contribution in [0.5, 0.6) is 11.5 Å². The van der Waals surface area contributed by atoms with Crippen LogP contribution in [0.3, 0.4) is 0 Å². The summed E-state index contributed by atoms with van der Waals surface area (Å²) in [7, 11) is 0. The monoisotopic (exact) mass is 417 g/mol. The first-order valence-corrected chi connectivity index (χ1v) is 9.43. The molecule has 2 heterocycles. The van der Waals surface area contributed by atoms with Gasteiger partial charge in [-0.2, -0.15) is 13.2 Å². The number of alkyl halides is 3. The molecule has 1 aliphatic heterocycles. The van der Waals surface area contributed by atoms with Crippen LogP contribution in [-0.4, -0.2) is 34.1 Å². The van der Waals surface area contributed by atoms with Crippen LogP contribution in [0.1, 0.15) is 40.9 Å². The second-order valence-electron chi connectivity index (χ2n) is 6.95. The summed E-state index contributed by atoms with van der Waals surface area (Å²) < 4.78 is 48.3. The Morgan fingerprint density at radius 2 is 1.60 bits per heavy atom. The first kappa shape index (κ1) is 19.9. The van der Waals surface area contributed by atoms with Crippen molar-refractivity contribution < 1.29 is 27.1 Å². The number of hydrogen-bond acceptors (Lipinski definition) is 5. The third-order valence-corrected chi connectivity index (χ3v) is 4.89. The number of benzene rings is 2. The smallest absolute Gasteiger partial charge is 0.457 e. The summed E-state index contributed by atoms with van der Waals surface area (Å²) in [5.41, 5.74) is 0.519. The number of amides is 1. The Labute approximate surface area is 170 Å². The van der Waals surface area contributed by atoms with Crippen LogP contribution < -0.4 is 4.74 Å². The fourth-order valence-electron chi connectivity index (χ4n) is 3.32. The van der Waals surface area contributed by atoms with E-state index in [1.807, 2.05) is 30.3 Å². The van der Waals surface area contributed by atoms with Gasteiger partial charge in [0.1, 0.15) is 11.5 Å². The summed E-state index contributed by atoms with van der Waals surface area (Å²) in [6.45, 7) is 0.797. The van der Waals surface area contributed by atoms with E-state index in [0.717, 1.165) is 0 Å². The standard InChI is InChI=1S/C21H18F3N3O3/c22-21(23,24)20-26-25-18(30-20)14-10-12-27(13-11-14)19(28)15-6-8-17(9-7-15)29-16-4-2-1-3-5-16/h1-9,14H,10-13H2. The van der Waals surface area contributed by atoms with Crippen molar-refractivity contribution in [3.05, 3.63) is 71.9 Å². The molecule has 6 nitrogen and oxygen atoms in total. The van der Waals surface area contributed by atoms with E-state index in [2.05, 4.69) is 10.2 Å². The Balaban J connectivity index is 1.34. The van der Waals surface area contributed by atoms with Crippen molar-refractivity contribution in [2.75, 3.05) is 13.1 Å². The molecule has 1 aliphatic rings. The van der Waals surface area contributed by atoms with Crippen LogP contribution in [0, 0.1) is 0 Å². The maximum Gasteiger partial charge on any atom is 0.470 e. The topological polar surface area (TPSA) is 68.5 Å². The number of carbonyl (C=O) groups is 1. The van der Waals surface area contributed by atoms with E-state index >= 15 is 0 Å². The van der Waals surface area contributed by atoms with E-state index < -0.39 is 12.1 Å². The minimum atomic E-state index is -4.65. The second-order valence-corrected chi connectivity index (χ2v) is 6.95. The van der Waals surface area contributed by atoms with Gasteiger partial charge in [-0.05, 0) is 49.2 Å². The molecule has 1 fully saturated rings. The molecule has 0 bridgehead atoms.